The maximum absolute atomic E-state index is 12.2. The van der Waals surface area contributed by atoms with Crippen molar-refractivity contribution in [3.05, 3.63) is 65.7 Å². The Balaban J connectivity index is 1.96. The number of rotatable bonds is 7. The summed E-state index contributed by atoms with van der Waals surface area (Å²) in [5.41, 5.74) is 2.29. The van der Waals surface area contributed by atoms with E-state index < -0.39 is 0 Å². The number of nitrogens with zero attached hydrogens (tertiary/aromatic N) is 1. The van der Waals surface area contributed by atoms with Crippen molar-refractivity contribution in [2.75, 3.05) is 11.4 Å². The fourth-order valence-corrected chi connectivity index (χ4v) is 2.70. The van der Waals surface area contributed by atoms with E-state index in [-0.39, 0.29) is 36.6 Å². The lowest BCUT2D eigenvalue weighted by atomic mass is 10.1. The van der Waals surface area contributed by atoms with Crippen LogP contribution in [0, 0.1) is 0 Å². The van der Waals surface area contributed by atoms with E-state index in [1.54, 1.807) is 24.3 Å². The van der Waals surface area contributed by atoms with Crippen molar-refractivity contribution in [3.8, 4) is 0 Å². The van der Waals surface area contributed by atoms with Crippen molar-refractivity contribution in [2.45, 2.75) is 33.2 Å². The number of ketones is 1. The number of hydrogen-bond acceptors (Lipinski definition) is 3. The molecule has 0 aliphatic rings. The van der Waals surface area contributed by atoms with Gasteiger partial charge in [-0.3, -0.25) is 14.4 Å². The monoisotopic (exact) mass is 352 g/mol. The molecule has 0 saturated carbocycles. The van der Waals surface area contributed by atoms with Crippen LogP contribution in [-0.4, -0.2) is 24.1 Å². The minimum atomic E-state index is -0.149. The molecule has 26 heavy (non-hydrogen) atoms. The predicted molar refractivity (Wildman–Crippen MR) is 102 cm³/mol. The Morgan fingerprint density at radius 3 is 2.12 bits per heavy atom. The molecule has 1 N–H and O–H groups in total. The van der Waals surface area contributed by atoms with Crippen LogP contribution in [0.3, 0.4) is 0 Å². The largest absolute Gasteiger partial charge is 0.350 e. The molecular formula is C21H24N2O3. The molecule has 2 aromatic rings. The van der Waals surface area contributed by atoms with Gasteiger partial charge in [0, 0.05) is 31.1 Å². The van der Waals surface area contributed by atoms with Gasteiger partial charge in [0.1, 0.15) is 0 Å². The van der Waals surface area contributed by atoms with E-state index in [4.69, 9.17) is 0 Å². The summed E-state index contributed by atoms with van der Waals surface area (Å²) in [6.07, 6.45) is 0.200. The number of anilines is 1. The van der Waals surface area contributed by atoms with Crippen molar-refractivity contribution in [1.29, 1.82) is 0 Å². The van der Waals surface area contributed by atoms with Crippen molar-refractivity contribution in [3.63, 3.8) is 0 Å². The average molecular weight is 352 g/mol. The third-order valence-corrected chi connectivity index (χ3v) is 4.21. The van der Waals surface area contributed by atoms with Gasteiger partial charge in [-0.25, -0.2) is 0 Å². The third kappa shape index (κ3) is 5.28. The highest BCUT2D eigenvalue weighted by atomic mass is 16.2. The highest BCUT2D eigenvalue weighted by Gasteiger charge is 2.15. The van der Waals surface area contributed by atoms with Crippen LogP contribution < -0.4 is 10.2 Å². The molecule has 1 atom stereocenters. The molecule has 0 bridgehead atoms. The lowest BCUT2D eigenvalue weighted by Crippen LogP contribution is -2.34. The van der Waals surface area contributed by atoms with Crippen LogP contribution in [0.15, 0.2) is 54.6 Å². The van der Waals surface area contributed by atoms with Crippen LogP contribution in [0.1, 0.15) is 49.2 Å². The van der Waals surface area contributed by atoms with Gasteiger partial charge in [-0.15, -0.1) is 0 Å². The molecule has 2 rings (SSSR count). The number of hydrogen-bond donors (Lipinski definition) is 1. The zero-order valence-corrected chi connectivity index (χ0v) is 15.4. The van der Waals surface area contributed by atoms with Crippen molar-refractivity contribution in [2.24, 2.45) is 0 Å². The summed E-state index contributed by atoms with van der Waals surface area (Å²) in [5.74, 6) is -0.294. The van der Waals surface area contributed by atoms with Gasteiger partial charge >= 0.3 is 0 Å². The Bertz CT molecular complexity index is 770. The molecule has 1 unspecified atom stereocenters. The third-order valence-electron chi connectivity index (χ3n) is 4.21. The molecule has 0 heterocycles. The first-order chi connectivity index (χ1) is 12.4. The van der Waals surface area contributed by atoms with Gasteiger partial charge in [-0.05, 0) is 43.7 Å². The fraction of sp³-hybridized carbons (Fsp3) is 0.286. The molecule has 0 aliphatic heterocycles. The van der Waals surface area contributed by atoms with Crippen molar-refractivity contribution < 1.29 is 14.4 Å². The lowest BCUT2D eigenvalue weighted by molar-refractivity contribution is -0.121. The van der Waals surface area contributed by atoms with Crippen LogP contribution >= 0.6 is 0 Å². The second kappa shape index (κ2) is 8.94. The second-order valence-electron chi connectivity index (χ2n) is 6.22. The first kappa shape index (κ1) is 19.4. The quantitative estimate of drug-likeness (QED) is 0.776. The summed E-state index contributed by atoms with van der Waals surface area (Å²) in [5, 5.41) is 2.94. The molecule has 5 heteroatoms. The van der Waals surface area contributed by atoms with Crippen LogP contribution in [0.4, 0.5) is 5.69 Å². The Kier molecular flexibility index (Phi) is 6.67. The van der Waals surface area contributed by atoms with E-state index in [1.165, 1.54) is 18.7 Å². The van der Waals surface area contributed by atoms with E-state index in [0.29, 0.717) is 11.3 Å². The van der Waals surface area contributed by atoms with E-state index in [1.807, 2.05) is 37.3 Å². The fourth-order valence-electron chi connectivity index (χ4n) is 2.70. The van der Waals surface area contributed by atoms with Crippen LogP contribution in [0.25, 0.3) is 0 Å². The van der Waals surface area contributed by atoms with Gasteiger partial charge in [0.05, 0.1) is 6.04 Å². The summed E-state index contributed by atoms with van der Waals surface area (Å²) in [6, 6.07) is 16.4. The first-order valence-electron chi connectivity index (χ1n) is 8.62. The number of carbonyl (C=O) groups is 3. The van der Waals surface area contributed by atoms with Crippen LogP contribution in [0.5, 0.6) is 0 Å². The van der Waals surface area contributed by atoms with Gasteiger partial charge in [0.15, 0.2) is 5.78 Å². The van der Waals surface area contributed by atoms with Crippen LogP contribution in [-0.2, 0) is 9.59 Å². The zero-order valence-electron chi connectivity index (χ0n) is 15.4. The molecule has 2 amide bonds. The van der Waals surface area contributed by atoms with E-state index in [2.05, 4.69) is 5.32 Å². The summed E-state index contributed by atoms with van der Waals surface area (Å²) < 4.78 is 0. The number of amides is 2. The smallest absolute Gasteiger partial charge is 0.223 e. The van der Waals surface area contributed by atoms with Gasteiger partial charge in [0.2, 0.25) is 11.8 Å². The second-order valence-corrected chi connectivity index (χ2v) is 6.22. The average Bonchev–Trinajstić information content (AvgIpc) is 2.62. The SMILES string of the molecule is CC(=O)c1ccc(N(CCC(=O)NC(C)c2ccccc2)C(C)=O)cc1. The minimum Gasteiger partial charge on any atom is -0.350 e. The molecule has 0 saturated heterocycles. The van der Waals surface area contributed by atoms with Gasteiger partial charge < -0.3 is 10.2 Å². The highest BCUT2D eigenvalue weighted by molar-refractivity contribution is 5.96. The van der Waals surface area contributed by atoms with Crippen molar-refractivity contribution >= 4 is 23.3 Å². The molecule has 136 valence electrons. The first-order valence-corrected chi connectivity index (χ1v) is 8.62. The minimum absolute atomic E-state index is 0.0276. The number of nitrogens with one attached hydrogen (secondary N) is 1. The van der Waals surface area contributed by atoms with Gasteiger partial charge in [-0.2, -0.15) is 0 Å². The topological polar surface area (TPSA) is 66.5 Å². The Labute approximate surface area is 154 Å². The summed E-state index contributed by atoms with van der Waals surface area (Å²) in [4.78, 5) is 37.1. The van der Waals surface area contributed by atoms with Crippen molar-refractivity contribution in [1.82, 2.24) is 5.32 Å². The Hall–Kier alpha value is -2.95. The molecule has 0 aromatic heterocycles. The predicted octanol–water partition coefficient (Wildman–Crippen LogP) is 3.51. The number of Topliss-reactive ketones (excluding diaryl/α,β-unsaturated/α-hetero) is 1. The molecule has 2 aromatic carbocycles. The molecule has 0 fully saturated rings. The summed E-state index contributed by atoms with van der Waals surface area (Å²) >= 11 is 0. The maximum atomic E-state index is 12.2. The summed E-state index contributed by atoms with van der Waals surface area (Å²) in [6.45, 7) is 5.16. The Morgan fingerprint density at radius 1 is 0.962 bits per heavy atom. The molecule has 0 radical (unpaired) electrons. The van der Waals surface area contributed by atoms with E-state index >= 15 is 0 Å². The number of carbonyl (C=O) groups excluding carboxylic acids is 3. The van der Waals surface area contributed by atoms with Crippen LogP contribution in [0.2, 0.25) is 0 Å². The zero-order chi connectivity index (χ0) is 19.1. The van der Waals surface area contributed by atoms with Gasteiger partial charge in [0.25, 0.3) is 0 Å². The number of benzene rings is 2. The lowest BCUT2D eigenvalue weighted by Gasteiger charge is -2.22. The van der Waals surface area contributed by atoms with Gasteiger partial charge in [-0.1, -0.05) is 30.3 Å². The van der Waals surface area contributed by atoms with E-state index in [9.17, 15) is 14.4 Å². The highest BCUT2D eigenvalue weighted by Crippen LogP contribution is 2.17. The molecule has 0 aliphatic carbocycles. The standard InChI is InChI=1S/C21H24N2O3/c1-15(18-7-5-4-6-8-18)22-21(26)13-14-23(17(3)25)20-11-9-19(10-12-20)16(2)24/h4-12,15H,13-14H2,1-3H3,(H,22,26). The molecule has 0 spiro atoms. The molecular weight excluding hydrogens is 328 g/mol. The Morgan fingerprint density at radius 2 is 1.58 bits per heavy atom. The molecule has 5 nitrogen and oxygen atoms in total. The van der Waals surface area contributed by atoms with E-state index in [0.717, 1.165) is 5.56 Å². The summed E-state index contributed by atoms with van der Waals surface area (Å²) in [7, 11) is 0. The maximum Gasteiger partial charge on any atom is 0.223 e. The normalized spacial score (nSPS) is 11.5.